The molecule has 0 radical (unpaired) electrons. The smallest absolute Gasteiger partial charge is 0.247 e. The number of hydrogen-bond acceptors (Lipinski definition) is 3. The van der Waals surface area contributed by atoms with Gasteiger partial charge in [0.15, 0.2) is 0 Å². The molecule has 2 rings (SSSR count). The average molecular weight is 235 g/mol. The van der Waals surface area contributed by atoms with Gasteiger partial charge in [0.2, 0.25) is 5.91 Å². The summed E-state index contributed by atoms with van der Waals surface area (Å²) in [5.74, 6) is 0.691. The fraction of sp³-hybridized carbons (Fsp3) is 0.462. The Morgan fingerprint density at radius 1 is 1.41 bits per heavy atom. The molecule has 2 unspecified atom stereocenters. The first-order valence-corrected chi connectivity index (χ1v) is 5.80. The molecule has 0 saturated carbocycles. The molecular weight excluding hydrogens is 218 g/mol. The highest BCUT2D eigenvalue weighted by Crippen LogP contribution is 2.14. The Labute approximate surface area is 101 Å². The predicted octanol–water partition coefficient (Wildman–Crippen LogP) is 1.93. The van der Waals surface area contributed by atoms with E-state index in [-0.39, 0.29) is 18.0 Å². The lowest BCUT2D eigenvalue weighted by Gasteiger charge is -2.38. The van der Waals surface area contributed by atoms with E-state index in [0.717, 1.165) is 0 Å². The first-order chi connectivity index (χ1) is 8.18. The monoisotopic (exact) mass is 235 g/mol. The van der Waals surface area contributed by atoms with Crippen molar-refractivity contribution in [3.8, 4) is 0 Å². The second kappa shape index (κ2) is 5.19. The van der Waals surface area contributed by atoms with Crippen LogP contribution in [0.25, 0.3) is 6.08 Å². The summed E-state index contributed by atoms with van der Waals surface area (Å²) in [6.45, 7) is 5.19. The molecule has 2 heterocycles. The average Bonchev–Trinajstić information content (AvgIpc) is 2.79. The number of nitrogens with zero attached hydrogens (tertiary/aromatic N) is 1. The van der Waals surface area contributed by atoms with E-state index >= 15 is 0 Å². The van der Waals surface area contributed by atoms with Crippen molar-refractivity contribution in [2.45, 2.75) is 25.9 Å². The molecule has 0 bridgehead atoms. The van der Waals surface area contributed by atoms with Gasteiger partial charge in [-0.3, -0.25) is 4.79 Å². The van der Waals surface area contributed by atoms with Crippen LogP contribution in [0.1, 0.15) is 19.6 Å². The lowest BCUT2D eigenvalue weighted by molar-refractivity contribution is -0.138. The Morgan fingerprint density at radius 3 is 2.71 bits per heavy atom. The molecule has 1 aromatic rings. The fourth-order valence-electron chi connectivity index (χ4n) is 2.06. The van der Waals surface area contributed by atoms with Gasteiger partial charge in [-0.25, -0.2) is 0 Å². The van der Waals surface area contributed by atoms with Crippen LogP contribution in [-0.4, -0.2) is 36.1 Å². The Hall–Kier alpha value is -1.55. The van der Waals surface area contributed by atoms with E-state index in [2.05, 4.69) is 0 Å². The number of carbonyl (C=O) groups excluding carboxylic acids is 1. The highest BCUT2D eigenvalue weighted by Gasteiger charge is 2.28. The molecule has 17 heavy (non-hydrogen) atoms. The molecule has 0 aliphatic carbocycles. The van der Waals surface area contributed by atoms with Crippen LogP contribution in [-0.2, 0) is 9.53 Å². The molecule has 92 valence electrons. The van der Waals surface area contributed by atoms with Crippen molar-refractivity contribution in [1.29, 1.82) is 0 Å². The summed E-state index contributed by atoms with van der Waals surface area (Å²) in [5.41, 5.74) is 0. The first kappa shape index (κ1) is 11.9. The van der Waals surface area contributed by atoms with Crippen molar-refractivity contribution < 1.29 is 13.9 Å². The zero-order valence-corrected chi connectivity index (χ0v) is 10.1. The molecule has 1 saturated heterocycles. The second-order valence-corrected chi connectivity index (χ2v) is 4.33. The quantitative estimate of drug-likeness (QED) is 0.736. The van der Waals surface area contributed by atoms with Crippen molar-refractivity contribution in [3.05, 3.63) is 30.2 Å². The molecule has 0 spiro atoms. The topological polar surface area (TPSA) is 42.7 Å². The Balaban J connectivity index is 2.03. The maximum atomic E-state index is 12.1. The number of ether oxygens (including phenoxy) is 1. The van der Waals surface area contributed by atoms with Crippen LogP contribution < -0.4 is 0 Å². The number of rotatable bonds is 2. The van der Waals surface area contributed by atoms with Crippen molar-refractivity contribution in [3.63, 3.8) is 0 Å². The zero-order valence-electron chi connectivity index (χ0n) is 10.1. The van der Waals surface area contributed by atoms with E-state index in [1.807, 2.05) is 24.8 Å². The van der Waals surface area contributed by atoms with Crippen molar-refractivity contribution in [2.75, 3.05) is 13.2 Å². The Bertz CT molecular complexity index is 387. The number of hydrogen-bond donors (Lipinski definition) is 0. The van der Waals surface area contributed by atoms with Gasteiger partial charge in [-0.2, -0.15) is 0 Å². The van der Waals surface area contributed by atoms with Gasteiger partial charge in [0.25, 0.3) is 0 Å². The van der Waals surface area contributed by atoms with Crippen molar-refractivity contribution in [1.82, 2.24) is 4.90 Å². The summed E-state index contributed by atoms with van der Waals surface area (Å²) in [6.07, 6.45) is 4.83. The minimum absolute atomic E-state index is 0.00435. The molecule has 1 aliphatic heterocycles. The van der Waals surface area contributed by atoms with Crippen LogP contribution >= 0.6 is 0 Å². The van der Waals surface area contributed by atoms with Gasteiger partial charge in [-0.15, -0.1) is 0 Å². The Kier molecular flexibility index (Phi) is 3.64. The van der Waals surface area contributed by atoms with E-state index < -0.39 is 0 Å². The number of amides is 1. The second-order valence-electron chi connectivity index (χ2n) is 4.33. The molecule has 2 atom stereocenters. The van der Waals surface area contributed by atoms with E-state index in [9.17, 15) is 4.79 Å². The van der Waals surface area contributed by atoms with Gasteiger partial charge >= 0.3 is 0 Å². The van der Waals surface area contributed by atoms with Gasteiger partial charge in [-0.1, -0.05) is 0 Å². The van der Waals surface area contributed by atoms with Gasteiger partial charge < -0.3 is 14.1 Å². The predicted molar refractivity (Wildman–Crippen MR) is 64.3 cm³/mol. The van der Waals surface area contributed by atoms with Gasteiger partial charge in [0.1, 0.15) is 5.76 Å². The molecule has 1 aromatic heterocycles. The van der Waals surface area contributed by atoms with Crippen LogP contribution in [0.3, 0.4) is 0 Å². The summed E-state index contributed by atoms with van der Waals surface area (Å²) in [5, 5.41) is 0. The van der Waals surface area contributed by atoms with E-state index in [4.69, 9.17) is 9.15 Å². The summed E-state index contributed by atoms with van der Waals surface area (Å²) in [4.78, 5) is 13.9. The lowest BCUT2D eigenvalue weighted by atomic mass is 10.1. The largest absolute Gasteiger partial charge is 0.465 e. The lowest BCUT2D eigenvalue weighted by Crippen LogP contribution is -2.51. The van der Waals surface area contributed by atoms with Crippen molar-refractivity contribution in [2.24, 2.45) is 0 Å². The van der Waals surface area contributed by atoms with Crippen LogP contribution in [0.2, 0.25) is 0 Å². The van der Waals surface area contributed by atoms with Gasteiger partial charge in [-0.05, 0) is 32.1 Å². The third kappa shape index (κ3) is 2.77. The maximum absolute atomic E-state index is 12.1. The third-order valence-electron chi connectivity index (χ3n) is 2.86. The molecule has 1 fully saturated rings. The highest BCUT2D eigenvalue weighted by atomic mass is 16.5. The van der Waals surface area contributed by atoms with Gasteiger partial charge in [0.05, 0.1) is 31.6 Å². The zero-order chi connectivity index (χ0) is 12.3. The highest BCUT2D eigenvalue weighted by molar-refractivity contribution is 5.91. The molecule has 0 N–H and O–H groups in total. The van der Waals surface area contributed by atoms with Crippen LogP contribution in [0.15, 0.2) is 28.9 Å². The number of carbonyl (C=O) groups is 1. The molecular formula is C13H17NO3. The minimum Gasteiger partial charge on any atom is -0.465 e. The minimum atomic E-state index is 0.00435. The van der Waals surface area contributed by atoms with E-state index in [1.54, 1.807) is 24.5 Å². The Morgan fingerprint density at radius 2 is 2.12 bits per heavy atom. The van der Waals surface area contributed by atoms with Crippen molar-refractivity contribution >= 4 is 12.0 Å². The van der Waals surface area contributed by atoms with Crippen LogP contribution in [0.5, 0.6) is 0 Å². The SMILES string of the molecule is CC1COCC(C)N1C(=O)/C=C/c1ccco1. The van der Waals surface area contributed by atoms with Gasteiger partial charge in [0, 0.05) is 6.08 Å². The molecule has 4 nitrogen and oxygen atoms in total. The summed E-state index contributed by atoms with van der Waals surface area (Å²) >= 11 is 0. The number of furan rings is 1. The standard InChI is InChI=1S/C13H17NO3/c1-10-8-16-9-11(2)14(10)13(15)6-5-12-4-3-7-17-12/h3-7,10-11H,8-9H2,1-2H3/b6-5+. The van der Waals surface area contributed by atoms with E-state index in [0.29, 0.717) is 19.0 Å². The van der Waals surface area contributed by atoms with E-state index in [1.165, 1.54) is 0 Å². The fourth-order valence-corrected chi connectivity index (χ4v) is 2.06. The third-order valence-corrected chi connectivity index (χ3v) is 2.86. The first-order valence-electron chi connectivity index (χ1n) is 5.80. The van der Waals surface area contributed by atoms with Crippen LogP contribution in [0, 0.1) is 0 Å². The normalized spacial score (nSPS) is 25.4. The molecule has 1 aliphatic rings. The maximum Gasteiger partial charge on any atom is 0.247 e. The summed E-state index contributed by atoms with van der Waals surface area (Å²) in [7, 11) is 0. The molecule has 4 heteroatoms. The number of morpholine rings is 1. The molecule has 1 amide bonds. The summed E-state index contributed by atoms with van der Waals surface area (Å²) in [6, 6.07) is 3.85. The molecule has 0 aromatic carbocycles. The van der Waals surface area contributed by atoms with Crippen LogP contribution in [0.4, 0.5) is 0 Å². The summed E-state index contributed by atoms with van der Waals surface area (Å²) < 4.78 is 10.5.